The molecule has 0 saturated carbocycles. The summed E-state index contributed by atoms with van der Waals surface area (Å²) in [5.41, 5.74) is 1.11. The monoisotopic (exact) mass is 352 g/mol. The Bertz CT molecular complexity index is 698. The Balaban J connectivity index is 0.000000791. The summed E-state index contributed by atoms with van der Waals surface area (Å²) in [6.45, 7) is 11.5. The summed E-state index contributed by atoms with van der Waals surface area (Å²) in [5.74, 6) is 0.649. The van der Waals surface area contributed by atoms with Gasteiger partial charge < -0.3 is 9.98 Å². The molecule has 0 aromatic carbocycles. The number of nitrogens with one attached hydrogen (secondary N) is 1. The fourth-order valence-corrected chi connectivity index (χ4v) is 3.75. The van der Waals surface area contributed by atoms with E-state index in [-0.39, 0.29) is 0 Å². The van der Waals surface area contributed by atoms with E-state index in [0.29, 0.717) is 18.0 Å². The van der Waals surface area contributed by atoms with Crippen molar-refractivity contribution in [3.8, 4) is 12.8 Å². The number of allylic oxidation sites excluding steroid dienone is 1. The van der Waals surface area contributed by atoms with Crippen LogP contribution in [0.4, 0.5) is 0 Å². The van der Waals surface area contributed by atoms with E-state index < -0.39 is 0 Å². The van der Waals surface area contributed by atoms with E-state index >= 15 is 0 Å². The van der Waals surface area contributed by atoms with Gasteiger partial charge in [-0.25, -0.2) is 4.98 Å². The summed E-state index contributed by atoms with van der Waals surface area (Å²) in [4.78, 5) is 7.25. The molecule has 0 aliphatic carbocycles. The van der Waals surface area contributed by atoms with E-state index in [1.165, 1.54) is 24.8 Å². The smallest absolute Gasteiger partial charge is 0.139 e. The molecule has 4 nitrogen and oxygen atoms in total. The van der Waals surface area contributed by atoms with Gasteiger partial charge in [0.1, 0.15) is 5.65 Å². The Kier molecular flexibility index (Phi) is 9.40. The van der Waals surface area contributed by atoms with Crippen LogP contribution in [0.2, 0.25) is 0 Å². The van der Waals surface area contributed by atoms with Gasteiger partial charge in [0.05, 0.1) is 0 Å². The third-order valence-corrected chi connectivity index (χ3v) is 4.81. The van der Waals surface area contributed by atoms with E-state index in [1.807, 2.05) is 12.3 Å². The average molecular weight is 353 g/mol. The van der Waals surface area contributed by atoms with Gasteiger partial charge in [-0.05, 0) is 57.1 Å². The first-order valence-electron chi connectivity index (χ1n) is 9.18. The molecule has 4 heteroatoms. The maximum Gasteiger partial charge on any atom is 0.139 e. The molecule has 3 heterocycles. The highest BCUT2D eigenvalue weighted by atomic mass is 15.2. The molecule has 1 saturated heterocycles. The molecule has 140 valence electrons. The molecule has 1 fully saturated rings. The van der Waals surface area contributed by atoms with E-state index in [4.69, 9.17) is 5.41 Å². The van der Waals surface area contributed by atoms with Crippen LogP contribution in [0, 0.1) is 24.2 Å². The minimum atomic E-state index is 0.548. The fraction of sp³-hybridized carbons (Fsp3) is 0.455. The number of rotatable bonds is 5. The van der Waals surface area contributed by atoms with Crippen molar-refractivity contribution in [1.29, 1.82) is 5.41 Å². The Morgan fingerprint density at radius 2 is 2.08 bits per heavy atom. The highest BCUT2D eigenvalue weighted by Crippen LogP contribution is 2.27. The summed E-state index contributed by atoms with van der Waals surface area (Å²) in [6.07, 6.45) is 19.2. The van der Waals surface area contributed by atoms with Gasteiger partial charge in [-0.15, -0.1) is 12.8 Å². The lowest BCUT2D eigenvalue weighted by Crippen LogP contribution is -2.42. The first-order chi connectivity index (χ1) is 12.7. The highest BCUT2D eigenvalue weighted by Gasteiger charge is 2.31. The van der Waals surface area contributed by atoms with E-state index in [2.05, 4.69) is 85.3 Å². The van der Waals surface area contributed by atoms with Crippen LogP contribution < -0.4 is 0 Å². The van der Waals surface area contributed by atoms with E-state index in [0.717, 1.165) is 12.2 Å². The van der Waals surface area contributed by atoms with Gasteiger partial charge >= 0.3 is 0 Å². The molecule has 1 aliphatic rings. The Morgan fingerprint density at radius 1 is 1.35 bits per heavy atom. The van der Waals surface area contributed by atoms with Crippen LogP contribution in [0.15, 0.2) is 42.7 Å². The van der Waals surface area contributed by atoms with Gasteiger partial charge in [0.25, 0.3) is 0 Å². The molecule has 0 radical (unpaired) electrons. The normalized spacial score (nSPS) is 18.3. The summed E-state index contributed by atoms with van der Waals surface area (Å²) in [6, 6.07) is 7.48. The van der Waals surface area contributed by atoms with Gasteiger partial charge in [-0.1, -0.05) is 26.0 Å². The third kappa shape index (κ3) is 5.06. The van der Waals surface area contributed by atoms with Gasteiger partial charge in [-0.2, -0.15) is 0 Å². The van der Waals surface area contributed by atoms with Crippen LogP contribution >= 0.6 is 0 Å². The number of hydrogen-bond acceptors (Lipinski definition) is 3. The van der Waals surface area contributed by atoms with E-state index in [1.54, 1.807) is 0 Å². The Morgan fingerprint density at radius 3 is 2.73 bits per heavy atom. The molecule has 2 aromatic rings. The molecular weight excluding hydrogens is 320 g/mol. The van der Waals surface area contributed by atoms with Gasteiger partial charge in [-0.3, -0.25) is 4.90 Å². The topological polar surface area (TPSA) is 44.9 Å². The highest BCUT2D eigenvalue weighted by molar-refractivity contribution is 5.75. The number of pyridine rings is 1. The lowest BCUT2D eigenvalue weighted by atomic mass is 10.0. The van der Waals surface area contributed by atoms with Gasteiger partial charge in [0.2, 0.25) is 0 Å². The van der Waals surface area contributed by atoms with Gasteiger partial charge in [0, 0.05) is 36.4 Å². The predicted molar refractivity (Wildman–Crippen MR) is 113 cm³/mol. The predicted octanol–water partition coefficient (Wildman–Crippen LogP) is 4.62. The first kappa shape index (κ1) is 21.7. The average Bonchev–Trinajstić information content (AvgIpc) is 3.31. The van der Waals surface area contributed by atoms with Crippen molar-refractivity contribution >= 4 is 17.8 Å². The zero-order valence-electron chi connectivity index (χ0n) is 16.3. The van der Waals surface area contributed by atoms with Crippen LogP contribution in [-0.4, -0.2) is 39.8 Å². The second-order valence-electron chi connectivity index (χ2n) is 6.68. The molecule has 2 unspecified atom stereocenters. The Labute approximate surface area is 158 Å². The molecule has 0 bridgehead atoms. The van der Waals surface area contributed by atoms with Crippen molar-refractivity contribution in [3.05, 3.63) is 42.7 Å². The quantitative estimate of drug-likeness (QED) is 0.485. The number of aromatic nitrogens is 2. The Hall–Kier alpha value is -2.38. The lowest BCUT2D eigenvalue weighted by Gasteiger charge is -2.34. The first-order valence-corrected chi connectivity index (χ1v) is 9.18. The zero-order chi connectivity index (χ0) is 19.5. The van der Waals surface area contributed by atoms with Crippen LogP contribution in [0.25, 0.3) is 11.0 Å². The van der Waals surface area contributed by atoms with Crippen molar-refractivity contribution in [2.75, 3.05) is 6.54 Å². The summed E-state index contributed by atoms with van der Waals surface area (Å²) in [7, 11) is 0. The van der Waals surface area contributed by atoms with Crippen LogP contribution in [-0.2, 0) is 6.54 Å². The maximum atomic E-state index is 5.50. The molecule has 2 atom stereocenters. The fourth-order valence-electron chi connectivity index (χ4n) is 3.75. The molecule has 0 spiro atoms. The van der Waals surface area contributed by atoms with Crippen LogP contribution in [0.3, 0.4) is 0 Å². The largest absolute Gasteiger partial charge is 0.331 e. The standard InChI is InChI=1S/C19H27N3.C2H2.CH3N/c1-4-7-18(15(2)3)22-12-6-9-17(22)14-21-13-10-16-8-5-11-20-19(16)21;2*1-2/h4-5,7-8,10-11,13,15,17-18H,6,9,12,14H2,1-3H3;1-2H;2H,1H2/b7-4-;;. The molecular formula is C22H32N4. The number of fused-ring (bicyclic) bond motifs is 1. The second kappa shape index (κ2) is 11.3. The molecule has 3 rings (SSSR count). The van der Waals surface area contributed by atoms with Crippen molar-refractivity contribution in [1.82, 2.24) is 14.5 Å². The minimum absolute atomic E-state index is 0.548. The molecule has 1 N–H and O–H groups in total. The van der Waals surface area contributed by atoms with Gasteiger partial charge in [0.15, 0.2) is 0 Å². The SMILES string of the molecule is C#C.C/C=C\C(C(C)C)N1CCCC1Cn1ccc2cccnc21.C=N. The van der Waals surface area contributed by atoms with E-state index in [9.17, 15) is 0 Å². The third-order valence-electron chi connectivity index (χ3n) is 4.81. The molecule has 26 heavy (non-hydrogen) atoms. The number of terminal acetylenes is 1. The van der Waals surface area contributed by atoms with Crippen LogP contribution in [0.5, 0.6) is 0 Å². The molecule has 1 aliphatic heterocycles. The summed E-state index contributed by atoms with van der Waals surface area (Å²) >= 11 is 0. The summed E-state index contributed by atoms with van der Waals surface area (Å²) < 4.78 is 2.32. The van der Waals surface area contributed by atoms with Crippen molar-refractivity contribution in [2.24, 2.45) is 5.92 Å². The van der Waals surface area contributed by atoms with Crippen molar-refractivity contribution in [3.63, 3.8) is 0 Å². The van der Waals surface area contributed by atoms with Crippen LogP contribution in [0.1, 0.15) is 33.6 Å². The van der Waals surface area contributed by atoms with Crippen molar-refractivity contribution < 1.29 is 0 Å². The van der Waals surface area contributed by atoms with Crippen molar-refractivity contribution in [2.45, 2.75) is 52.2 Å². The number of hydrogen-bond donors (Lipinski definition) is 1. The maximum absolute atomic E-state index is 5.50. The number of likely N-dealkylation sites (tertiary alicyclic amines) is 1. The second-order valence-corrected chi connectivity index (χ2v) is 6.68. The minimum Gasteiger partial charge on any atom is -0.331 e. The zero-order valence-corrected chi connectivity index (χ0v) is 16.3. The molecule has 0 amide bonds. The summed E-state index contributed by atoms with van der Waals surface area (Å²) in [5, 5.41) is 6.74. The number of nitrogens with zero attached hydrogens (tertiary/aromatic N) is 3. The lowest BCUT2D eigenvalue weighted by molar-refractivity contribution is 0.161. The molecule has 2 aromatic heterocycles.